The van der Waals surface area contributed by atoms with Crippen molar-refractivity contribution < 1.29 is 14.3 Å². The second-order valence-electron chi connectivity index (χ2n) is 6.55. The lowest BCUT2D eigenvalue weighted by atomic mass is 10.1. The lowest BCUT2D eigenvalue weighted by molar-refractivity contribution is 0.104. The third kappa shape index (κ3) is 5.27. The molecule has 0 atom stereocenters. The van der Waals surface area contributed by atoms with Gasteiger partial charge in [0, 0.05) is 18.8 Å². The molecule has 1 heterocycles. The van der Waals surface area contributed by atoms with Gasteiger partial charge < -0.3 is 9.47 Å². The van der Waals surface area contributed by atoms with Gasteiger partial charge in [-0.05, 0) is 47.9 Å². The number of allylic oxidation sites excluding steroid dienone is 1. The molecule has 0 bridgehead atoms. The highest BCUT2D eigenvalue weighted by atomic mass is 35.5. The van der Waals surface area contributed by atoms with Crippen LogP contribution in [0.3, 0.4) is 0 Å². The van der Waals surface area contributed by atoms with Crippen LogP contribution in [0.4, 0.5) is 0 Å². The summed E-state index contributed by atoms with van der Waals surface area (Å²) in [5.74, 6) is 1.27. The zero-order chi connectivity index (χ0) is 20.8. The first-order valence-electron chi connectivity index (χ1n) is 9.30. The van der Waals surface area contributed by atoms with Crippen LogP contribution < -0.4 is 9.47 Å². The summed E-state index contributed by atoms with van der Waals surface area (Å²) in [5.41, 5.74) is 3.24. The van der Waals surface area contributed by atoms with Crippen molar-refractivity contribution in [2.24, 2.45) is 7.05 Å². The van der Waals surface area contributed by atoms with E-state index in [-0.39, 0.29) is 11.5 Å². The number of nitrogens with zero attached hydrogens (tertiary/aromatic N) is 2. The average Bonchev–Trinajstić information content (AvgIpc) is 3.08. The maximum absolute atomic E-state index is 12.3. The molecule has 0 aliphatic rings. The monoisotopic (exact) mass is 410 g/mol. The number of methoxy groups -OCH3 is 1. The van der Waals surface area contributed by atoms with Crippen LogP contribution in [-0.4, -0.2) is 22.7 Å². The Morgan fingerprint density at radius 3 is 2.59 bits per heavy atom. The normalized spacial score (nSPS) is 11.0. The number of ether oxygens (including phenoxy) is 2. The molecular weight excluding hydrogens is 388 g/mol. The van der Waals surface area contributed by atoms with Gasteiger partial charge in [0.2, 0.25) is 5.78 Å². The number of benzene rings is 2. The number of hydrogen-bond acceptors (Lipinski definition) is 4. The molecule has 0 saturated carbocycles. The molecule has 150 valence electrons. The summed E-state index contributed by atoms with van der Waals surface area (Å²) in [6.07, 6.45) is 5.78. The van der Waals surface area contributed by atoms with E-state index in [1.165, 1.54) is 16.3 Å². The van der Waals surface area contributed by atoms with Gasteiger partial charge in [-0.15, -0.1) is 0 Å². The summed E-state index contributed by atoms with van der Waals surface area (Å²) in [6.45, 7) is 2.47. The minimum Gasteiger partial charge on any atom is -0.496 e. The molecule has 2 aromatic carbocycles. The molecule has 3 rings (SSSR count). The second-order valence-corrected chi connectivity index (χ2v) is 6.96. The van der Waals surface area contributed by atoms with Crippen LogP contribution in [0.25, 0.3) is 6.08 Å². The highest BCUT2D eigenvalue weighted by molar-refractivity contribution is 6.34. The van der Waals surface area contributed by atoms with Gasteiger partial charge >= 0.3 is 0 Å². The van der Waals surface area contributed by atoms with Gasteiger partial charge in [0.15, 0.2) is 5.69 Å². The number of aromatic nitrogens is 2. The zero-order valence-corrected chi connectivity index (χ0v) is 17.4. The molecule has 3 aromatic rings. The molecule has 0 N–H and O–H groups in total. The van der Waals surface area contributed by atoms with Gasteiger partial charge in [0.1, 0.15) is 18.1 Å². The van der Waals surface area contributed by atoms with Crippen LogP contribution >= 0.6 is 11.6 Å². The van der Waals surface area contributed by atoms with Crippen LogP contribution in [0.1, 0.15) is 34.1 Å². The van der Waals surface area contributed by atoms with Crippen LogP contribution in [0, 0.1) is 0 Å². The molecule has 1 aromatic heterocycles. The van der Waals surface area contributed by atoms with Crippen LogP contribution in [0.5, 0.6) is 11.5 Å². The molecule has 0 unspecified atom stereocenters. The number of aryl methyl sites for hydroxylation is 2. The van der Waals surface area contributed by atoms with E-state index < -0.39 is 0 Å². The standard InChI is InChI=1S/C23H23ClN2O3/c1-4-16-5-9-19(10-6-16)29-15-18-13-17(8-12-22(18)28-3)7-11-21(27)23-20(24)14-26(2)25-23/h5-14H,4,15H2,1-3H3/b11-7+. The largest absolute Gasteiger partial charge is 0.496 e. The fourth-order valence-corrected chi connectivity index (χ4v) is 3.15. The predicted octanol–water partition coefficient (Wildman–Crippen LogP) is 5.12. The molecule has 0 radical (unpaired) electrons. The molecule has 5 nitrogen and oxygen atoms in total. The van der Waals surface area contributed by atoms with E-state index in [2.05, 4.69) is 24.2 Å². The first kappa shape index (κ1) is 20.7. The third-order valence-corrected chi connectivity index (χ3v) is 4.75. The van der Waals surface area contributed by atoms with E-state index in [1.807, 2.05) is 30.3 Å². The number of hydrogen-bond donors (Lipinski definition) is 0. The van der Waals surface area contributed by atoms with Gasteiger partial charge in [-0.25, -0.2) is 0 Å². The Morgan fingerprint density at radius 2 is 1.97 bits per heavy atom. The number of carbonyl (C=O) groups excluding carboxylic acids is 1. The predicted molar refractivity (Wildman–Crippen MR) is 115 cm³/mol. The Morgan fingerprint density at radius 1 is 1.21 bits per heavy atom. The lowest BCUT2D eigenvalue weighted by Crippen LogP contribution is -2.00. The van der Waals surface area contributed by atoms with Gasteiger partial charge in [0.05, 0.1) is 12.1 Å². The smallest absolute Gasteiger partial charge is 0.207 e. The lowest BCUT2D eigenvalue weighted by Gasteiger charge is -2.11. The van der Waals surface area contributed by atoms with Crippen molar-refractivity contribution in [1.82, 2.24) is 9.78 Å². The van der Waals surface area contributed by atoms with E-state index in [0.717, 1.165) is 29.0 Å². The van der Waals surface area contributed by atoms with E-state index >= 15 is 0 Å². The summed E-state index contributed by atoms with van der Waals surface area (Å²) in [6, 6.07) is 13.7. The first-order chi connectivity index (χ1) is 14.0. The number of halogens is 1. The molecule has 6 heteroatoms. The maximum atomic E-state index is 12.3. The van der Waals surface area contributed by atoms with Crippen molar-refractivity contribution in [2.45, 2.75) is 20.0 Å². The Kier molecular flexibility index (Phi) is 6.73. The summed E-state index contributed by atoms with van der Waals surface area (Å²) < 4.78 is 12.9. The van der Waals surface area contributed by atoms with E-state index in [0.29, 0.717) is 11.6 Å². The van der Waals surface area contributed by atoms with Crippen LogP contribution in [0.2, 0.25) is 5.02 Å². The fourth-order valence-electron chi connectivity index (χ4n) is 2.87. The molecule has 29 heavy (non-hydrogen) atoms. The molecule has 0 amide bonds. The number of carbonyl (C=O) groups is 1. The Hall–Kier alpha value is -3.05. The van der Waals surface area contributed by atoms with Gasteiger partial charge in [-0.2, -0.15) is 5.10 Å². The number of rotatable bonds is 8. The average molecular weight is 411 g/mol. The van der Waals surface area contributed by atoms with Crippen LogP contribution in [-0.2, 0) is 20.1 Å². The third-order valence-electron chi connectivity index (χ3n) is 4.48. The summed E-state index contributed by atoms with van der Waals surface area (Å²) in [5, 5.41) is 4.42. The highest BCUT2D eigenvalue weighted by Crippen LogP contribution is 2.23. The van der Waals surface area contributed by atoms with Gasteiger partial charge in [-0.1, -0.05) is 42.8 Å². The van der Waals surface area contributed by atoms with Crippen molar-refractivity contribution in [3.05, 3.63) is 82.1 Å². The van der Waals surface area contributed by atoms with Crippen LogP contribution in [0.15, 0.2) is 54.7 Å². The number of ketones is 1. The summed E-state index contributed by atoms with van der Waals surface area (Å²) in [7, 11) is 3.34. The Bertz CT molecular complexity index is 1020. The molecule has 0 saturated heterocycles. The topological polar surface area (TPSA) is 53.3 Å². The van der Waals surface area contributed by atoms with E-state index in [1.54, 1.807) is 26.4 Å². The van der Waals surface area contributed by atoms with Gasteiger partial charge in [0.25, 0.3) is 0 Å². The zero-order valence-electron chi connectivity index (χ0n) is 16.7. The fraction of sp³-hybridized carbons (Fsp3) is 0.217. The van der Waals surface area contributed by atoms with Crippen molar-refractivity contribution in [3.63, 3.8) is 0 Å². The minimum absolute atomic E-state index is 0.234. The second kappa shape index (κ2) is 9.43. The minimum atomic E-state index is -0.250. The van der Waals surface area contributed by atoms with Crippen molar-refractivity contribution in [2.75, 3.05) is 7.11 Å². The maximum Gasteiger partial charge on any atom is 0.207 e. The molecule has 0 aliphatic carbocycles. The molecular formula is C23H23ClN2O3. The molecule has 0 aliphatic heterocycles. The first-order valence-corrected chi connectivity index (χ1v) is 9.68. The Balaban J connectivity index is 1.73. The molecule has 0 spiro atoms. The summed E-state index contributed by atoms with van der Waals surface area (Å²) >= 11 is 6.03. The quantitative estimate of drug-likeness (QED) is 0.382. The summed E-state index contributed by atoms with van der Waals surface area (Å²) in [4.78, 5) is 12.3. The van der Waals surface area contributed by atoms with Crippen molar-refractivity contribution >= 4 is 23.5 Å². The van der Waals surface area contributed by atoms with E-state index in [4.69, 9.17) is 21.1 Å². The molecule has 0 fully saturated rings. The Labute approximate surface area is 175 Å². The SMILES string of the molecule is CCc1ccc(OCc2cc(/C=C/C(=O)c3nn(C)cc3Cl)ccc2OC)cc1. The highest BCUT2D eigenvalue weighted by Gasteiger charge is 2.12. The van der Waals surface area contributed by atoms with Crippen molar-refractivity contribution in [3.8, 4) is 11.5 Å². The van der Waals surface area contributed by atoms with E-state index in [9.17, 15) is 4.79 Å². The van der Waals surface area contributed by atoms with Gasteiger partial charge in [-0.3, -0.25) is 9.48 Å². The van der Waals surface area contributed by atoms with Crippen molar-refractivity contribution in [1.29, 1.82) is 0 Å².